The summed E-state index contributed by atoms with van der Waals surface area (Å²) >= 11 is 0. The van der Waals surface area contributed by atoms with Crippen molar-refractivity contribution >= 4 is 5.78 Å². The number of Topliss-reactive ketones (excluding diaryl/α,β-unsaturated/α-hetero) is 1. The monoisotopic (exact) mass is 220 g/mol. The van der Waals surface area contributed by atoms with Crippen LogP contribution in [0.15, 0.2) is 0 Å². The third kappa shape index (κ3) is 0.966. The summed E-state index contributed by atoms with van der Waals surface area (Å²) in [6.45, 7) is 9.68. The lowest BCUT2D eigenvalue weighted by Gasteiger charge is -2.41. The van der Waals surface area contributed by atoms with Crippen LogP contribution in [0.25, 0.3) is 0 Å². The Labute approximate surface area is 99.0 Å². The zero-order valence-electron chi connectivity index (χ0n) is 11.1. The second-order valence-corrected chi connectivity index (χ2v) is 7.69. The molecule has 0 bridgehead atoms. The van der Waals surface area contributed by atoms with Crippen LogP contribution in [-0.2, 0) is 4.79 Å². The number of carbonyl (C=O) groups is 1. The first-order valence-corrected chi connectivity index (χ1v) is 6.84. The average molecular weight is 220 g/mol. The largest absolute Gasteiger partial charge is 0.300 e. The van der Waals surface area contributed by atoms with Crippen molar-refractivity contribution in [3.63, 3.8) is 0 Å². The van der Waals surface area contributed by atoms with Crippen molar-refractivity contribution in [2.75, 3.05) is 0 Å². The van der Waals surface area contributed by atoms with Crippen molar-refractivity contribution in [3.05, 3.63) is 0 Å². The minimum absolute atomic E-state index is 0.314. The lowest BCUT2D eigenvalue weighted by Crippen LogP contribution is -2.37. The molecule has 0 aromatic rings. The third-order valence-electron chi connectivity index (χ3n) is 6.38. The highest BCUT2D eigenvalue weighted by Gasteiger charge is 2.71. The molecule has 3 aliphatic carbocycles. The maximum absolute atomic E-state index is 12.0. The van der Waals surface area contributed by atoms with E-state index in [1.807, 2.05) is 0 Å². The standard InChI is InChI=1S/C15H24O/c1-10-5-6-12-13(2,3)9-14(4)7-11(16)8-15(10,12)14/h10,12H,5-9H2,1-4H3/t10-,12+,14+,15+/m0/s1. The molecule has 0 heterocycles. The van der Waals surface area contributed by atoms with E-state index in [0.717, 1.165) is 24.7 Å². The van der Waals surface area contributed by atoms with Crippen molar-refractivity contribution in [1.29, 1.82) is 0 Å². The molecule has 1 heteroatoms. The van der Waals surface area contributed by atoms with E-state index < -0.39 is 0 Å². The van der Waals surface area contributed by atoms with Crippen molar-refractivity contribution in [3.8, 4) is 0 Å². The predicted octanol–water partition coefficient (Wildman–Crippen LogP) is 3.82. The van der Waals surface area contributed by atoms with Gasteiger partial charge in [-0.15, -0.1) is 0 Å². The van der Waals surface area contributed by atoms with Gasteiger partial charge in [-0.05, 0) is 47.3 Å². The maximum Gasteiger partial charge on any atom is 0.134 e. The number of hydrogen-bond acceptors (Lipinski definition) is 1. The first-order valence-electron chi connectivity index (χ1n) is 6.84. The fourth-order valence-corrected chi connectivity index (χ4v) is 6.23. The molecule has 0 aromatic heterocycles. The summed E-state index contributed by atoms with van der Waals surface area (Å²) in [5.74, 6) is 2.10. The number of rotatable bonds is 0. The minimum Gasteiger partial charge on any atom is -0.300 e. The Morgan fingerprint density at radius 1 is 1.12 bits per heavy atom. The molecule has 0 aromatic carbocycles. The molecule has 1 nitrogen and oxygen atoms in total. The molecule has 4 atom stereocenters. The second kappa shape index (κ2) is 2.73. The van der Waals surface area contributed by atoms with Crippen LogP contribution in [0, 0.1) is 28.1 Å². The van der Waals surface area contributed by atoms with Gasteiger partial charge in [0.1, 0.15) is 5.78 Å². The van der Waals surface area contributed by atoms with E-state index >= 15 is 0 Å². The van der Waals surface area contributed by atoms with E-state index in [1.54, 1.807) is 0 Å². The average Bonchev–Trinajstić information content (AvgIpc) is 2.58. The van der Waals surface area contributed by atoms with Crippen molar-refractivity contribution in [1.82, 2.24) is 0 Å². The molecule has 0 saturated heterocycles. The molecule has 16 heavy (non-hydrogen) atoms. The van der Waals surface area contributed by atoms with E-state index in [0.29, 0.717) is 22.0 Å². The van der Waals surface area contributed by atoms with Gasteiger partial charge in [0.25, 0.3) is 0 Å². The maximum atomic E-state index is 12.0. The van der Waals surface area contributed by atoms with Crippen LogP contribution >= 0.6 is 0 Å². The summed E-state index contributed by atoms with van der Waals surface area (Å²) in [6, 6.07) is 0. The van der Waals surface area contributed by atoms with E-state index in [1.165, 1.54) is 19.3 Å². The molecule has 0 aliphatic heterocycles. The van der Waals surface area contributed by atoms with Crippen LogP contribution in [0.4, 0.5) is 0 Å². The Kier molecular flexibility index (Phi) is 1.85. The van der Waals surface area contributed by atoms with Gasteiger partial charge < -0.3 is 0 Å². The van der Waals surface area contributed by atoms with Crippen LogP contribution in [0.1, 0.15) is 59.8 Å². The topological polar surface area (TPSA) is 17.1 Å². The van der Waals surface area contributed by atoms with E-state index in [4.69, 9.17) is 0 Å². The molecule has 0 N–H and O–H groups in total. The Hall–Kier alpha value is -0.330. The highest BCUT2D eigenvalue weighted by molar-refractivity contribution is 5.83. The fraction of sp³-hybridized carbons (Fsp3) is 0.933. The van der Waals surface area contributed by atoms with E-state index in [2.05, 4.69) is 27.7 Å². The normalized spacial score (nSPS) is 54.1. The molecule has 0 amide bonds. The molecule has 1 spiro atoms. The lowest BCUT2D eigenvalue weighted by atomic mass is 9.62. The predicted molar refractivity (Wildman–Crippen MR) is 65.1 cm³/mol. The molecule has 3 aliphatic rings. The molecule has 0 radical (unpaired) electrons. The summed E-state index contributed by atoms with van der Waals surface area (Å²) in [4.78, 5) is 12.0. The fourth-order valence-electron chi connectivity index (χ4n) is 6.23. The zero-order valence-corrected chi connectivity index (χ0v) is 11.1. The summed E-state index contributed by atoms with van der Waals surface area (Å²) in [5, 5.41) is 0. The van der Waals surface area contributed by atoms with Gasteiger partial charge in [0.15, 0.2) is 0 Å². The number of carbonyl (C=O) groups excluding carboxylic acids is 1. The highest BCUT2D eigenvalue weighted by atomic mass is 16.1. The zero-order chi connectivity index (χ0) is 11.8. The van der Waals surface area contributed by atoms with Crippen LogP contribution in [0.5, 0.6) is 0 Å². The van der Waals surface area contributed by atoms with E-state index in [-0.39, 0.29) is 0 Å². The quantitative estimate of drug-likeness (QED) is 0.606. The van der Waals surface area contributed by atoms with Crippen LogP contribution in [-0.4, -0.2) is 5.78 Å². The summed E-state index contributed by atoms with van der Waals surface area (Å²) in [7, 11) is 0. The van der Waals surface area contributed by atoms with E-state index in [9.17, 15) is 4.79 Å². The van der Waals surface area contributed by atoms with Gasteiger partial charge >= 0.3 is 0 Å². The van der Waals surface area contributed by atoms with Crippen LogP contribution < -0.4 is 0 Å². The minimum atomic E-state index is 0.314. The van der Waals surface area contributed by atoms with Crippen LogP contribution in [0.2, 0.25) is 0 Å². The van der Waals surface area contributed by atoms with Crippen molar-refractivity contribution < 1.29 is 4.79 Å². The lowest BCUT2D eigenvalue weighted by molar-refractivity contribution is -0.118. The van der Waals surface area contributed by atoms with Crippen molar-refractivity contribution in [2.45, 2.75) is 59.8 Å². The van der Waals surface area contributed by atoms with Gasteiger partial charge in [0.2, 0.25) is 0 Å². The Bertz CT molecular complexity index is 356. The van der Waals surface area contributed by atoms with Gasteiger partial charge in [-0.2, -0.15) is 0 Å². The Morgan fingerprint density at radius 3 is 2.50 bits per heavy atom. The molecule has 90 valence electrons. The first-order chi connectivity index (χ1) is 7.32. The summed E-state index contributed by atoms with van der Waals surface area (Å²) in [5.41, 5.74) is 1.14. The first kappa shape index (κ1) is 10.8. The molecule has 3 fully saturated rings. The highest BCUT2D eigenvalue weighted by Crippen LogP contribution is 2.76. The third-order valence-corrected chi connectivity index (χ3v) is 6.38. The van der Waals surface area contributed by atoms with Gasteiger partial charge in [-0.3, -0.25) is 4.79 Å². The van der Waals surface area contributed by atoms with Gasteiger partial charge in [0, 0.05) is 12.8 Å². The number of hydrogen-bond donors (Lipinski definition) is 0. The molecule has 0 unspecified atom stereocenters. The molecular weight excluding hydrogens is 196 g/mol. The van der Waals surface area contributed by atoms with Gasteiger partial charge in [-0.1, -0.05) is 27.7 Å². The summed E-state index contributed by atoms with van der Waals surface area (Å²) < 4.78 is 0. The Morgan fingerprint density at radius 2 is 1.81 bits per heavy atom. The van der Waals surface area contributed by atoms with Gasteiger partial charge in [0.05, 0.1) is 0 Å². The second-order valence-electron chi connectivity index (χ2n) is 7.69. The Balaban J connectivity index is 2.15. The number of ketones is 1. The summed E-state index contributed by atoms with van der Waals surface area (Å²) in [6.07, 6.45) is 5.71. The van der Waals surface area contributed by atoms with Gasteiger partial charge in [-0.25, -0.2) is 0 Å². The van der Waals surface area contributed by atoms with Crippen LogP contribution in [0.3, 0.4) is 0 Å². The van der Waals surface area contributed by atoms with Crippen molar-refractivity contribution in [2.24, 2.45) is 28.1 Å². The molecule has 3 saturated carbocycles. The smallest absolute Gasteiger partial charge is 0.134 e. The molecular formula is C15H24O. The SMILES string of the molecule is C[C@H]1CC[C@@H]2C(C)(C)C[C@@]3(C)CC(=O)C[C@]213. The molecule has 3 rings (SSSR count).